The van der Waals surface area contributed by atoms with E-state index in [4.69, 9.17) is 5.73 Å². The van der Waals surface area contributed by atoms with Gasteiger partial charge >= 0.3 is 5.97 Å². The fourth-order valence-electron chi connectivity index (χ4n) is 4.78. The Balaban J connectivity index is 0.00000320. The summed E-state index contributed by atoms with van der Waals surface area (Å²) in [6, 6.07) is -2.27. The lowest BCUT2D eigenvalue weighted by Crippen LogP contribution is -2.59. The van der Waals surface area contributed by atoms with E-state index in [1.165, 1.54) is 0 Å². The first-order valence-corrected chi connectivity index (χ1v) is 10.5. The Hall–Kier alpha value is -1.38. The number of aliphatic hydroxyl groups excluding tert-OH is 1. The molecular formula is C21H36ClN3O5. The van der Waals surface area contributed by atoms with Gasteiger partial charge in [0.1, 0.15) is 6.04 Å². The molecule has 0 bridgehead atoms. The number of nitrogens with zero attached hydrogens (tertiary/aromatic N) is 1. The first kappa shape index (κ1) is 24.9. The minimum Gasteiger partial charge on any atom is -0.479 e. The number of hydrogen-bond donors (Lipinski definition) is 4. The highest BCUT2D eigenvalue weighted by atomic mass is 35.5. The van der Waals surface area contributed by atoms with Crippen molar-refractivity contribution in [3.8, 4) is 0 Å². The number of fused-ring (bicyclic) bond motifs is 1. The largest absolute Gasteiger partial charge is 0.479 e. The Morgan fingerprint density at radius 3 is 2.27 bits per heavy atom. The van der Waals surface area contributed by atoms with Gasteiger partial charge in [0, 0.05) is 6.54 Å². The second-order valence-corrected chi connectivity index (χ2v) is 10.8. The standard InChI is InChI=1S/C21H35N3O5.ClH/c1-20(2,3)16(22)18(27)24-9-11-13(21(11,4)5)14(24)17(26)23-12(8-10-6-7-10)15(25)19(28)29;/h10-16,25H,6-9,22H2,1-5H3,(H,23,26)(H,28,29);1H/t11-,12?,13-,14-,15?,16?;/m0./s1. The first-order valence-electron chi connectivity index (χ1n) is 10.5. The van der Waals surface area contributed by atoms with Crippen molar-refractivity contribution in [2.24, 2.45) is 34.3 Å². The van der Waals surface area contributed by atoms with E-state index in [1.54, 1.807) is 4.90 Å². The van der Waals surface area contributed by atoms with Gasteiger partial charge in [0.05, 0.1) is 12.1 Å². The fraction of sp³-hybridized carbons (Fsp3) is 0.857. The Bertz CT molecular complexity index is 703. The van der Waals surface area contributed by atoms with Gasteiger partial charge in [-0.2, -0.15) is 0 Å². The molecule has 0 aromatic heterocycles. The number of likely N-dealkylation sites (tertiary alicyclic amines) is 1. The smallest absolute Gasteiger partial charge is 0.334 e. The molecule has 1 aliphatic heterocycles. The van der Waals surface area contributed by atoms with Crippen LogP contribution in [0, 0.1) is 28.6 Å². The number of piperidine rings is 1. The van der Waals surface area contributed by atoms with E-state index in [9.17, 15) is 24.6 Å². The summed E-state index contributed by atoms with van der Waals surface area (Å²) in [6.45, 7) is 10.3. The highest BCUT2D eigenvalue weighted by Crippen LogP contribution is 2.65. The quantitative estimate of drug-likeness (QED) is 0.462. The summed E-state index contributed by atoms with van der Waals surface area (Å²) in [7, 11) is 0. The molecule has 0 aromatic carbocycles. The molecule has 2 amide bonds. The molecule has 1 heterocycles. The van der Waals surface area contributed by atoms with Crippen LogP contribution >= 0.6 is 12.4 Å². The number of hydrogen-bond acceptors (Lipinski definition) is 5. The molecule has 9 heteroatoms. The zero-order chi connectivity index (χ0) is 21.9. The minimum absolute atomic E-state index is 0. The summed E-state index contributed by atoms with van der Waals surface area (Å²) in [4.78, 5) is 39.2. The lowest BCUT2D eigenvalue weighted by Gasteiger charge is -2.36. The Kier molecular flexibility index (Phi) is 6.87. The number of nitrogens with two attached hydrogens (primary N) is 1. The van der Waals surface area contributed by atoms with E-state index < -0.39 is 35.6 Å². The molecule has 3 rings (SSSR count). The van der Waals surface area contributed by atoms with Crippen LogP contribution in [-0.4, -0.2) is 63.7 Å². The van der Waals surface area contributed by atoms with E-state index in [1.807, 2.05) is 20.8 Å². The normalized spacial score (nSPS) is 29.8. The molecule has 1 saturated heterocycles. The third-order valence-electron chi connectivity index (χ3n) is 7.21. The van der Waals surface area contributed by atoms with Crippen molar-refractivity contribution in [1.82, 2.24) is 10.2 Å². The van der Waals surface area contributed by atoms with Crippen LogP contribution in [0.4, 0.5) is 0 Å². The summed E-state index contributed by atoms with van der Waals surface area (Å²) in [6.07, 6.45) is 0.722. The van der Waals surface area contributed by atoms with Crippen LogP contribution in [-0.2, 0) is 14.4 Å². The molecule has 2 saturated carbocycles. The second-order valence-electron chi connectivity index (χ2n) is 10.8. The molecule has 2 aliphatic carbocycles. The van der Waals surface area contributed by atoms with Gasteiger partial charge in [-0.25, -0.2) is 4.79 Å². The highest BCUT2D eigenvalue weighted by molar-refractivity contribution is 5.92. The van der Waals surface area contributed by atoms with Crippen molar-refractivity contribution in [3.05, 3.63) is 0 Å². The number of rotatable bonds is 7. The lowest BCUT2D eigenvalue weighted by molar-refractivity contribution is -0.150. The number of aliphatic carboxylic acids is 1. The molecule has 8 nitrogen and oxygen atoms in total. The number of carboxylic acids is 1. The number of aliphatic hydroxyl groups is 1. The molecule has 0 aromatic rings. The number of carboxylic acid groups (broad SMARTS) is 1. The minimum atomic E-state index is -1.66. The van der Waals surface area contributed by atoms with Crippen LogP contribution in [0.1, 0.15) is 53.9 Å². The molecule has 5 N–H and O–H groups in total. The van der Waals surface area contributed by atoms with Gasteiger partial charge in [0.2, 0.25) is 11.8 Å². The maximum atomic E-state index is 13.2. The van der Waals surface area contributed by atoms with Crippen molar-refractivity contribution >= 4 is 30.2 Å². The second kappa shape index (κ2) is 8.28. The predicted molar refractivity (Wildman–Crippen MR) is 114 cm³/mol. The number of halogens is 1. The van der Waals surface area contributed by atoms with Gasteiger partial charge in [0.25, 0.3) is 0 Å². The van der Waals surface area contributed by atoms with Crippen LogP contribution in [0.25, 0.3) is 0 Å². The van der Waals surface area contributed by atoms with Crippen molar-refractivity contribution in [2.75, 3.05) is 6.54 Å². The summed E-state index contributed by atoms with van der Waals surface area (Å²) in [5.74, 6) is -1.42. The summed E-state index contributed by atoms with van der Waals surface area (Å²) < 4.78 is 0. The summed E-state index contributed by atoms with van der Waals surface area (Å²) in [5, 5.41) is 22.1. The molecule has 30 heavy (non-hydrogen) atoms. The van der Waals surface area contributed by atoms with Crippen molar-refractivity contribution in [2.45, 2.75) is 78.1 Å². The SMILES string of the molecule is CC(C)(C)C(N)C(=O)N1C[C@H]2[C@@H]([C@H]1C(=O)NC(CC1CC1)C(O)C(=O)O)C2(C)C.Cl. The Labute approximate surface area is 184 Å². The first-order chi connectivity index (χ1) is 13.3. The molecule has 6 atom stereocenters. The average Bonchev–Trinajstić information content (AvgIpc) is 3.45. The van der Waals surface area contributed by atoms with Crippen LogP contribution in [0.2, 0.25) is 0 Å². The molecule has 0 spiro atoms. The monoisotopic (exact) mass is 445 g/mol. The van der Waals surface area contributed by atoms with E-state index >= 15 is 0 Å². The predicted octanol–water partition coefficient (Wildman–Crippen LogP) is 0.995. The molecule has 3 unspecified atom stereocenters. The lowest BCUT2D eigenvalue weighted by atomic mass is 9.86. The average molecular weight is 446 g/mol. The Morgan fingerprint density at radius 1 is 1.23 bits per heavy atom. The zero-order valence-electron chi connectivity index (χ0n) is 18.4. The zero-order valence-corrected chi connectivity index (χ0v) is 19.2. The Morgan fingerprint density at radius 2 is 1.80 bits per heavy atom. The molecule has 0 radical (unpaired) electrons. The van der Waals surface area contributed by atoms with Crippen LogP contribution in [0.5, 0.6) is 0 Å². The number of carbonyl (C=O) groups excluding carboxylic acids is 2. The topological polar surface area (TPSA) is 133 Å². The van der Waals surface area contributed by atoms with Crippen molar-refractivity contribution < 1.29 is 24.6 Å². The van der Waals surface area contributed by atoms with E-state index in [0.717, 1.165) is 12.8 Å². The van der Waals surface area contributed by atoms with Crippen LogP contribution in [0.3, 0.4) is 0 Å². The van der Waals surface area contributed by atoms with Gasteiger partial charge < -0.3 is 26.2 Å². The maximum absolute atomic E-state index is 13.2. The third-order valence-corrected chi connectivity index (χ3v) is 7.21. The highest BCUT2D eigenvalue weighted by Gasteiger charge is 2.69. The number of nitrogens with one attached hydrogen (secondary N) is 1. The molecular weight excluding hydrogens is 410 g/mol. The van der Waals surface area contributed by atoms with Crippen LogP contribution in [0.15, 0.2) is 0 Å². The summed E-state index contributed by atoms with van der Waals surface area (Å²) in [5.41, 5.74) is 5.70. The third kappa shape index (κ3) is 4.60. The molecule has 3 aliphatic rings. The fourth-order valence-corrected chi connectivity index (χ4v) is 4.78. The van der Waals surface area contributed by atoms with Gasteiger partial charge in [0.15, 0.2) is 6.10 Å². The van der Waals surface area contributed by atoms with Crippen molar-refractivity contribution in [3.63, 3.8) is 0 Å². The van der Waals surface area contributed by atoms with Crippen molar-refractivity contribution in [1.29, 1.82) is 0 Å². The van der Waals surface area contributed by atoms with E-state index in [2.05, 4.69) is 19.2 Å². The van der Waals surface area contributed by atoms with Gasteiger partial charge in [-0.1, -0.05) is 47.5 Å². The van der Waals surface area contributed by atoms with Gasteiger partial charge in [-0.05, 0) is 35.0 Å². The molecule has 172 valence electrons. The van der Waals surface area contributed by atoms with Crippen LogP contribution < -0.4 is 11.1 Å². The summed E-state index contributed by atoms with van der Waals surface area (Å²) >= 11 is 0. The molecule has 3 fully saturated rings. The van der Waals surface area contributed by atoms with E-state index in [0.29, 0.717) is 18.9 Å². The van der Waals surface area contributed by atoms with Gasteiger partial charge in [-0.3, -0.25) is 9.59 Å². The number of amides is 2. The van der Waals surface area contributed by atoms with Gasteiger partial charge in [-0.15, -0.1) is 12.4 Å². The number of carbonyl (C=O) groups is 3. The maximum Gasteiger partial charge on any atom is 0.334 e. The van der Waals surface area contributed by atoms with E-state index in [-0.39, 0.29) is 41.5 Å².